The molecule has 0 aliphatic carbocycles. The molecule has 1 N–H and O–H groups in total. The summed E-state index contributed by atoms with van der Waals surface area (Å²) in [5, 5.41) is 5.65. The molecule has 0 aliphatic rings. The van der Waals surface area contributed by atoms with E-state index in [0.29, 0.717) is 0 Å². The Balaban J connectivity index is 1.91. The molecular formula is C15H28N2S. The van der Waals surface area contributed by atoms with Gasteiger partial charge < -0.3 is 10.2 Å². The molecule has 0 aromatic carbocycles. The van der Waals surface area contributed by atoms with E-state index in [2.05, 4.69) is 48.6 Å². The molecule has 3 heteroatoms. The van der Waals surface area contributed by atoms with E-state index in [0.717, 1.165) is 19.0 Å². The number of hydrogen-bond donors (Lipinski definition) is 1. The average Bonchev–Trinajstić information content (AvgIpc) is 2.80. The van der Waals surface area contributed by atoms with Gasteiger partial charge in [-0.25, -0.2) is 0 Å². The van der Waals surface area contributed by atoms with E-state index in [4.69, 9.17) is 0 Å². The molecular weight excluding hydrogens is 240 g/mol. The van der Waals surface area contributed by atoms with Crippen LogP contribution in [-0.2, 0) is 6.54 Å². The molecule has 0 unspecified atom stereocenters. The van der Waals surface area contributed by atoms with Gasteiger partial charge in [0.2, 0.25) is 0 Å². The monoisotopic (exact) mass is 268 g/mol. The fourth-order valence-corrected chi connectivity index (χ4v) is 2.73. The normalized spacial score (nSPS) is 11.6. The highest BCUT2D eigenvalue weighted by molar-refractivity contribution is 7.09. The molecule has 0 spiro atoms. The Morgan fingerprint density at radius 2 is 2.11 bits per heavy atom. The zero-order valence-electron chi connectivity index (χ0n) is 12.1. The fraction of sp³-hybridized carbons (Fsp3) is 0.733. The van der Waals surface area contributed by atoms with Gasteiger partial charge in [0.1, 0.15) is 0 Å². The number of nitrogens with zero attached hydrogens (tertiary/aromatic N) is 1. The van der Waals surface area contributed by atoms with Gasteiger partial charge in [-0.3, -0.25) is 0 Å². The van der Waals surface area contributed by atoms with Crippen LogP contribution in [0, 0.1) is 5.92 Å². The molecule has 0 fully saturated rings. The van der Waals surface area contributed by atoms with E-state index in [1.54, 1.807) is 0 Å². The van der Waals surface area contributed by atoms with Crippen LogP contribution >= 0.6 is 11.3 Å². The number of unbranched alkanes of at least 4 members (excludes halogenated alkanes) is 2. The van der Waals surface area contributed by atoms with Gasteiger partial charge in [-0.15, -0.1) is 11.3 Å². The predicted molar refractivity (Wildman–Crippen MR) is 82.2 cm³/mol. The minimum Gasteiger partial charge on any atom is -0.316 e. The number of rotatable bonds is 10. The Bertz CT molecular complexity index is 283. The number of thiophene rings is 1. The van der Waals surface area contributed by atoms with Crippen LogP contribution in [0.15, 0.2) is 17.5 Å². The van der Waals surface area contributed by atoms with Crippen molar-refractivity contribution < 1.29 is 0 Å². The molecule has 0 bridgehead atoms. The average molecular weight is 268 g/mol. The predicted octanol–water partition coefficient (Wildman–Crippen LogP) is 3.60. The molecule has 0 saturated heterocycles. The summed E-state index contributed by atoms with van der Waals surface area (Å²) < 4.78 is 0. The lowest BCUT2D eigenvalue weighted by Gasteiger charge is -2.15. The maximum absolute atomic E-state index is 3.50. The Labute approximate surface area is 116 Å². The van der Waals surface area contributed by atoms with Gasteiger partial charge >= 0.3 is 0 Å². The Hall–Kier alpha value is -0.380. The summed E-state index contributed by atoms with van der Waals surface area (Å²) in [5.41, 5.74) is 0. The van der Waals surface area contributed by atoms with Crippen molar-refractivity contribution in [3.05, 3.63) is 22.4 Å². The van der Waals surface area contributed by atoms with Gasteiger partial charge in [0.05, 0.1) is 0 Å². The summed E-state index contributed by atoms with van der Waals surface area (Å²) in [6.07, 6.45) is 3.95. The standard InChI is InChI=1S/C15H28N2S/c1-14(2)12-16-9-5-4-6-10-17(3)13-15-8-7-11-18-15/h7-8,11,14,16H,4-6,9-10,12-13H2,1-3H3. The third kappa shape index (κ3) is 7.85. The van der Waals surface area contributed by atoms with Crippen LogP contribution in [0.5, 0.6) is 0 Å². The number of nitrogens with one attached hydrogen (secondary N) is 1. The topological polar surface area (TPSA) is 15.3 Å². The van der Waals surface area contributed by atoms with Gasteiger partial charge in [0.15, 0.2) is 0 Å². The minimum atomic E-state index is 0.766. The minimum absolute atomic E-state index is 0.766. The van der Waals surface area contributed by atoms with Gasteiger partial charge in [0.25, 0.3) is 0 Å². The summed E-state index contributed by atoms with van der Waals surface area (Å²) in [7, 11) is 2.22. The second-order valence-electron chi connectivity index (χ2n) is 5.48. The van der Waals surface area contributed by atoms with Gasteiger partial charge in [-0.1, -0.05) is 26.3 Å². The summed E-state index contributed by atoms with van der Waals surface area (Å²) >= 11 is 1.85. The zero-order chi connectivity index (χ0) is 13.2. The highest BCUT2D eigenvalue weighted by atomic mass is 32.1. The SMILES string of the molecule is CC(C)CNCCCCCN(C)Cc1cccs1. The summed E-state index contributed by atoms with van der Waals surface area (Å²) in [5.74, 6) is 0.766. The van der Waals surface area contributed by atoms with Crippen LogP contribution < -0.4 is 5.32 Å². The van der Waals surface area contributed by atoms with E-state index in [1.165, 1.54) is 37.2 Å². The molecule has 0 atom stereocenters. The van der Waals surface area contributed by atoms with E-state index < -0.39 is 0 Å². The van der Waals surface area contributed by atoms with Crippen molar-refractivity contribution in [2.75, 3.05) is 26.7 Å². The first-order valence-electron chi connectivity index (χ1n) is 7.10. The Morgan fingerprint density at radius 1 is 1.28 bits per heavy atom. The van der Waals surface area contributed by atoms with Crippen molar-refractivity contribution in [1.29, 1.82) is 0 Å². The molecule has 2 nitrogen and oxygen atoms in total. The van der Waals surface area contributed by atoms with Crippen LogP contribution in [0.2, 0.25) is 0 Å². The Kier molecular flexibility index (Phi) is 8.31. The largest absolute Gasteiger partial charge is 0.316 e. The molecule has 18 heavy (non-hydrogen) atoms. The second kappa shape index (κ2) is 9.54. The molecule has 0 radical (unpaired) electrons. The van der Waals surface area contributed by atoms with E-state index >= 15 is 0 Å². The molecule has 1 aromatic heterocycles. The summed E-state index contributed by atoms with van der Waals surface area (Å²) in [4.78, 5) is 3.89. The van der Waals surface area contributed by atoms with Crippen LogP contribution in [0.3, 0.4) is 0 Å². The lowest BCUT2D eigenvalue weighted by atomic mass is 10.2. The van der Waals surface area contributed by atoms with E-state index in [1.807, 2.05) is 11.3 Å². The molecule has 1 aromatic rings. The highest BCUT2D eigenvalue weighted by Crippen LogP contribution is 2.11. The van der Waals surface area contributed by atoms with Crippen LogP contribution in [0.25, 0.3) is 0 Å². The van der Waals surface area contributed by atoms with Crippen molar-refractivity contribution in [3.63, 3.8) is 0 Å². The van der Waals surface area contributed by atoms with Crippen LogP contribution in [0.4, 0.5) is 0 Å². The van der Waals surface area contributed by atoms with E-state index in [-0.39, 0.29) is 0 Å². The fourth-order valence-electron chi connectivity index (χ4n) is 1.95. The van der Waals surface area contributed by atoms with Crippen molar-refractivity contribution in [2.45, 2.75) is 39.7 Å². The molecule has 1 heterocycles. The first kappa shape index (κ1) is 15.7. The maximum atomic E-state index is 3.50. The van der Waals surface area contributed by atoms with Gasteiger partial charge in [-0.05, 0) is 56.9 Å². The summed E-state index contributed by atoms with van der Waals surface area (Å²) in [6.45, 7) is 9.15. The van der Waals surface area contributed by atoms with E-state index in [9.17, 15) is 0 Å². The number of hydrogen-bond acceptors (Lipinski definition) is 3. The third-order valence-electron chi connectivity index (χ3n) is 2.95. The zero-order valence-corrected chi connectivity index (χ0v) is 12.9. The van der Waals surface area contributed by atoms with Gasteiger partial charge in [-0.2, -0.15) is 0 Å². The van der Waals surface area contributed by atoms with Crippen molar-refractivity contribution in [3.8, 4) is 0 Å². The quantitative estimate of drug-likeness (QED) is 0.652. The smallest absolute Gasteiger partial charge is 0.0324 e. The highest BCUT2D eigenvalue weighted by Gasteiger charge is 2.00. The van der Waals surface area contributed by atoms with Crippen molar-refractivity contribution in [2.24, 2.45) is 5.92 Å². The Morgan fingerprint density at radius 3 is 2.78 bits per heavy atom. The van der Waals surface area contributed by atoms with Gasteiger partial charge in [0, 0.05) is 11.4 Å². The molecule has 0 amide bonds. The first-order valence-corrected chi connectivity index (χ1v) is 7.98. The second-order valence-corrected chi connectivity index (χ2v) is 6.51. The lowest BCUT2D eigenvalue weighted by Crippen LogP contribution is -2.21. The third-order valence-corrected chi connectivity index (χ3v) is 3.81. The molecule has 104 valence electrons. The maximum Gasteiger partial charge on any atom is 0.0324 e. The van der Waals surface area contributed by atoms with Crippen LogP contribution in [0.1, 0.15) is 38.0 Å². The molecule has 0 aliphatic heterocycles. The lowest BCUT2D eigenvalue weighted by molar-refractivity contribution is 0.319. The first-order chi connectivity index (χ1) is 8.68. The van der Waals surface area contributed by atoms with Crippen molar-refractivity contribution in [1.82, 2.24) is 10.2 Å². The molecule has 0 saturated carbocycles. The van der Waals surface area contributed by atoms with Crippen LogP contribution in [-0.4, -0.2) is 31.6 Å². The van der Waals surface area contributed by atoms with Crippen molar-refractivity contribution >= 4 is 11.3 Å². The molecule has 1 rings (SSSR count). The summed E-state index contributed by atoms with van der Waals surface area (Å²) in [6, 6.07) is 4.35.